The number of nitrogens with zero attached hydrogens (tertiary/aromatic N) is 2. The number of aliphatic hydroxyl groups is 1. The lowest BCUT2D eigenvalue weighted by atomic mass is 9.79. The Hall–Kier alpha value is -0.660. The van der Waals surface area contributed by atoms with E-state index in [1.807, 2.05) is 0 Å². The molecule has 6 nitrogen and oxygen atoms in total. The second-order valence-electron chi connectivity index (χ2n) is 5.70. The van der Waals surface area contributed by atoms with Crippen LogP contribution >= 0.6 is 11.6 Å². The third kappa shape index (κ3) is 2.83. The topological polar surface area (TPSA) is 65.7 Å². The van der Waals surface area contributed by atoms with E-state index in [2.05, 4.69) is 5.10 Å². The van der Waals surface area contributed by atoms with Gasteiger partial charge in [0.25, 0.3) is 0 Å². The zero-order valence-electron chi connectivity index (χ0n) is 12.2. The predicted octanol–water partition coefficient (Wildman–Crippen LogP) is 1.69. The highest BCUT2D eigenvalue weighted by Crippen LogP contribution is 2.46. The van der Waals surface area contributed by atoms with Gasteiger partial charge >= 0.3 is 0 Å². The molecule has 1 aliphatic carbocycles. The standard InChI is InChI=1S/C14H21ClN2O4/c1-19-7-6-17-12(11(15)10-16-17)13(18)2-4-14(5-3-13)20-8-9-21-14/h10,18H,2-9H2,1H3. The molecule has 3 rings (SSSR count). The van der Waals surface area contributed by atoms with Crippen molar-refractivity contribution in [3.63, 3.8) is 0 Å². The summed E-state index contributed by atoms with van der Waals surface area (Å²) in [6.07, 6.45) is 4.00. The highest BCUT2D eigenvalue weighted by molar-refractivity contribution is 6.31. The van der Waals surface area contributed by atoms with E-state index >= 15 is 0 Å². The summed E-state index contributed by atoms with van der Waals surface area (Å²) in [7, 11) is 1.64. The Labute approximate surface area is 128 Å². The van der Waals surface area contributed by atoms with Crippen molar-refractivity contribution in [3.8, 4) is 0 Å². The van der Waals surface area contributed by atoms with Gasteiger partial charge < -0.3 is 19.3 Å². The summed E-state index contributed by atoms with van der Waals surface area (Å²) in [6, 6.07) is 0. The molecule has 0 amide bonds. The average Bonchev–Trinajstić information content (AvgIpc) is 3.08. The first-order chi connectivity index (χ1) is 10.1. The fourth-order valence-corrected chi connectivity index (χ4v) is 3.56. The van der Waals surface area contributed by atoms with Crippen molar-refractivity contribution in [1.29, 1.82) is 0 Å². The van der Waals surface area contributed by atoms with Crippen LogP contribution in [-0.2, 0) is 26.4 Å². The van der Waals surface area contributed by atoms with Crippen molar-refractivity contribution in [2.45, 2.75) is 43.6 Å². The van der Waals surface area contributed by atoms with Gasteiger partial charge in [-0.3, -0.25) is 4.68 Å². The molecule has 21 heavy (non-hydrogen) atoms. The molecule has 118 valence electrons. The largest absolute Gasteiger partial charge is 0.384 e. The molecule has 1 aromatic heterocycles. The summed E-state index contributed by atoms with van der Waals surface area (Å²) in [6.45, 7) is 2.35. The van der Waals surface area contributed by atoms with Crippen molar-refractivity contribution >= 4 is 11.6 Å². The number of aromatic nitrogens is 2. The van der Waals surface area contributed by atoms with Gasteiger partial charge in [0, 0.05) is 20.0 Å². The van der Waals surface area contributed by atoms with Gasteiger partial charge in [-0.15, -0.1) is 0 Å². The van der Waals surface area contributed by atoms with Gasteiger partial charge in [-0.2, -0.15) is 5.10 Å². The number of rotatable bonds is 4. The number of methoxy groups -OCH3 is 1. The van der Waals surface area contributed by atoms with E-state index in [9.17, 15) is 5.11 Å². The number of halogens is 1. The molecule has 1 aliphatic heterocycles. The minimum Gasteiger partial charge on any atom is -0.384 e. The van der Waals surface area contributed by atoms with Crippen LogP contribution in [0.1, 0.15) is 31.4 Å². The van der Waals surface area contributed by atoms with Crippen molar-refractivity contribution in [2.24, 2.45) is 0 Å². The Morgan fingerprint density at radius 2 is 2.00 bits per heavy atom. The number of hydrogen-bond acceptors (Lipinski definition) is 5. The van der Waals surface area contributed by atoms with Crippen molar-refractivity contribution in [2.75, 3.05) is 26.9 Å². The number of hydrogen-bond donors (Lipinski definition) is 1. The molecule has 0 aromatic carbocycles. The molecule has 7 heteroatoms. The zero-order chi connectivity index (χ0) is 14.9. The molecule has 1 spiro atoms. The van der Waals surface area contributed by atoms with Crippen LogP contribution in [0.25, 0.3) is 0 Å². The van der Waals surface area contributed by atoms with E-state index in [1.165, 1.54) is 0 Å². The van der Waals surface area contributed by atoms with Crippen LogP contribution in [0, 0.1) is 0 Å². The Bertz CT molecular complexity index is 489. The summed E-state index contributed by atoms with van der Waals surface area (Å²) >= 11 is 6.25. The van der Waals surface area contributed by atoms with Crippen LogP contribution in [-0.4, -0.2) is 47.6 Å². The van der Waals surface area contributed by atoms with Gasteiger partial charge in [-0.05, 0) is 12.8 Å². The molecule has 1 saturated carbocycles. The maximum absolute atomic E-state index is 11.0. The Balaban J connectivity index is 1.78. The van der Waals surface area contributed by atoms with Crippen LogP contribution in [0.4, 0.5) is 0 Å². The second kappa shape index (κ2) is 5.85. The van der Waals surface area contributed by atoms with Gasteiger partial charge in [0.15, 0.2) is 5.79 Å². The Morgan fingerprint density at radius 3 is 2.62 bits per heavy atom. The first-order valence-electron chi connectivity index (χ1n) is 7.30. The molecule has 2 heterocycles. The highest BCUT2D eigenvalue weighted by atomic mass is 35.5. The third-order valence-corrected chi connectivity index (χ3v) is 4.67. The molecular formula is C14H21ClN2O4. The maximum Gasteiger partial charge on any atom is 0.168 e. The first kappa shape index (κ1) is 15.2. The van der Waals surface area contributed by atoms with Crippen molar-refractivity contribution < 1.29 is 19.3 Å². The molecular weight excluding hydrogens is 296 g/mol. The van der Waals surface area contributed by atoms with Crippen molar-refractivity contribution in [1.82, 2.24) is 9.78 Å². The van der Waals surface area contributed by atoms with E-state index < -0.39 is 11.4 Å². The molecule has 0 unspecified atom stereocenters. The van der Waals surface area contributed by atoms with Gasteiger partial charge in [0.2, 0.25) is 0 Å². The smallest absolute Gasteiger partial charge is 0.168 e. The van der Waals surface area contributed by atoms with E-state index in [1.54, 1.807) is 18.0 Å². The maximum atomic E-state index is 11.0. The van der Waals surface area contributed by atoms with Crippen molar-refractivity contribution in [3.05, 3.63) is 16.9 Å². The lowest BCUT2D eigenvalue weighted by Gasteiger charge is -2.40. The van der Waals surface area contributed by atoms with E-state index in [0.717, 1.165) is 0 Å². The first-order valence-corrected chi connectivity index (χ1v) is 7.67. The fourth-order valence-electron chi connectivity index (χ4n) is 3.24. The molecule has 1 saturated heterocycles. The molecule has 0 radical (unpaired) electrons. The van der Waals surface area contributed by atoms with Crippen LogP contribution in [0.2, 0.25) is 5.02 Å². The summed E-state index contributed by atoms with van der Waals surface area (Å²) in [5, 5.41) is 15.8. The summed E-state index contributed by atoms with van der Waals surface area (Å²) in [4.78, 5) is 0. The Morgan fingerprint density at radius 1 is 1.33 bits per heavy atom. The predicted molar refractivity (Wildman–Crippen MR) is 76.1 cm³/mol. The average molecular weight is 317 g/mol. The highest BCUT2D eigenvalue weighted by Gasteiger charge is 2.48. The van der Waals surface area contributed by atoms with Crippen LogP contribution in [0.15, 0.2) is 6.20 Å². The van der Waals surface area contributed by atoms with E-state index in [0.29, 0.717) is 62.8 Å². The van der Waals surface area contributed by atoms with E-state index in [4.69, 9.17) is 25.8 Å². The summed E-state index contributed by atoms with van der Waals surface area (Å²) in [5.74, 6) is -0.504. The zero-order valence-corrected chi connectivity index (χ0v) is 12.9. The van der Waals surface area contributed by atoms with Gasteiger partial charge in [-0.25, -0.2) is 0 Å². The SMILES string of the molecule is COCCn1ncc(Cl)c1C1(O)CCC2(CC1)OCCO2. The molecule has 0 bridgehead atoms. The quantitative estimate of drug-likeness (QED) is 0.915. The van der Waals surface area contributed by atoms with Gasteiger partial charge in [-0.1, -0.05) is 11.6 Å². The molecule has 2 fully saturated rings. The third-order valence-electron chi connectivity index (χ3n) is 4.40. The summed E-state index contributed by atoms with van der Waals surface area (Å²) in [5.41, 5.74) is -0.309. The van der Waals surface area contributed by atoms with Crippen LogP contribution in [0.5, 0.6) is 0 Å². The lowest BCUT2D eigenvalue weighted by Crippen LogP contribution is -2.43. The molecule has 1 aromatic rings. The van der Waals surface area contributed by atoms with Gasteiger partial charge in [0.05, 0.1) is 43.3 Å². The second-order valence-corrected chi connectivity index (χ2v) is 6.10. The fraction of sp³-hybridized carbons (Fsp3) is 0.786. The van der Waals surface area contributed by atoms with E-state index in [-0.39, 0.29) is 0 Å². The minimum atomic E-state index is -0.984. The number of ether oxygens (including phenoxy) is 3. The van der Waals surface area contributed by atoms with Crippen LogP contribution in [0.3, 0.4) is 0 Å². The molecule has 0 atom stereocenters. The van der Waals surface area contributed by atoms with Crippen LogP contribution < -0.4 is 0 Å². The normalized spacial score (nSPS) is 23.8. The lowest BCUT2D eigenvalue weighted by molar-refractivity contribution is -0.205. The Kier molecular flexibility index (Phi) is 4.25. The molecule has 1 N–H and O–H groups in total. The van der Waals surface area contributed by atoms with Gasteiger partial charge in [0.1, 0.15) is 5.60 Å². The minimum absolute atomic E-state index is 0.498. The summed E-state index contributed by atoms with van der Waals surface area (Å²) < 4.78 is 18.2. The monoisotopic (exact) mass is 316 g/mol. The molecule has 2 aliphatic rings.